The third-order valence-corrected chi connectivity index (χ3v) is 3.83. The molecule has 18 heavy (non-hydrogen) atoms. The molecule has 1 N–H and O–H groups in total. The lowest BCUT2D eigenvalue weighted by Crippen LogP contribution is -2.19. The van der Waals surface area contributed by atoms with Crippen LogP contribution in [0.5, 0.6) is 0 Å². The number of hydrogen-bond donors (Lipinski definition) is 1. The molecule has 0 aliphatic rings. The summed E-state index contributed by atoms with van der Waals surface area (Å²) in [6.45, 7) is 1.69. The van der Waals surface area contributed by atoms with E-state index in [-0.39, 0.29) is 0 Å². The van der Waals surface area contributed by atoms with Crippen molar-refractivity contribution in [3.63, 3.8) is 0 Å². The molecule has 0 bridgehead atoms. The molecule has 5 heteroatoms. The van der Waals surface area contributed by atoms with Gasteiger partial charge >= 0.3 is 0 Å². The van der Waals surface area contributed by atoms with Crippen LogP contribution in [0.4, 0.5) is 5.69 Å². The van der Waals surface area contributed by atoms with Crippen LogP contribution in [0.3, 0.4) is 0 Å². The topological polar surface area (TPSA) is 28.2 Å². The number of anilines is 1. The monoisotopic (exact) mass is 325 g/mol. The number of benzene rings is 1. The van der Waals surface area contributed by atoms with Crippen LogP contribution in [0, 0.1) is 0 Å². The Kier molecular flexibility index (Phi) is 4.74. The minimum absolute atomic E-state index is 0.835. The van der Waals surface area contributed by atoms with Gasteiger partial charge in [0, 0.05) is 29.1 Å². The zero-order valence-electron chi connectivity index (χ0n) is 10.5. The number of aromatic nitrogens is 1. The van der Waals surface area contributed by atoms with Crippen LogP contribution in [0.25, 0.3) is 0 Å². The van der Waals surface area contributed by atoms with Gasteiger partial charge in [0.1, 0.15) is 0 Å². The predicted molar refractivity (Wildman–Crippen MR) is 81.1 cm³/mol. The molecule has 0 radical (unpaired) electrons. The van der Waals surface area contributed by atoms with Gasteiger partial charge in [-0.25, -0.2) is 4.98 Å². The molecule has 3 nitrogen and oxygen atoms in total. The second-order valence-corrected chi connectivity index (χ2v) is 5.77. The lowest BCUT2D eigenvalue weighted by molar-refractivity contribution is 0.802. The Balaban J connectivity index is 2.20. The van der Waals surface area contributed by atoms with E-state index in [1.165, 1.54) is 11.3 Å². The molecule has 1 aromatic carbocycles. The standard InChI is InChI=1S/C13H16BrN3S/c1-15-6-10-5-11(14)3-4-13(10)17(2)7-12-8-18-9-16-12/h3-5,8-9,15H,6-7H2,1-2H3. The Labute approximate surface area is 120 Å². The van der Waals surface area contributed by atoms with Crippen LogP contribution in [-0.4, -0.2) is 19.1 Å². The van der Waals surface area contributed by atoms with E-state index in [0.717, 1.165) is 23.3 Å². The molecule has 0 unspecified atom stereocenters. The highest BCUT2D eigenvalue weighted by molar-refractivity contribution is 9.10. The van der Waals surface area contributed by atoms with E-state index in [9.17, 15) is 0 Å². The average molecular weight is 326 g/mol. The number of thiazole rings is 1. The zero-order chi connectivity index (χ0) is 13.0. The normalized spacial score (nSPS) is 10.6. The maximum absolute atomic E-state index is 4.33. The molecular formula is C13H16BrN3S. The van der Waals surface area contributed by atoms with Crippen molar-refractivity contribution in [3.05, 3.63) is 44.8 Å². The van der Waals surface area contributed by atoms with Crippen molar-refractivity contribution >= 4 is 33.0 Å². The third kappa shape index (κ3) is 3.31. The maximum Gasteiger partial charge on any atom is 0.0795 e. The van der Waals surface area contributed by atoms with Crippen LogP contribution in [0.15, 0.2) is 33.6 Å². The van der Waals surface area contributed by atoms with Crippen LogP contribution in [-0.2, 0) is 13.1 Å². The van der Waals surface area contributed by atoms with Crippen molar-refractivity contribution in [2.24, 2.45) is 0 Å². The fraction of sp³-hybridized carbons (Fsp3) is 0.308. The summed E-state index contributed by atoms with van der Waals surface area (Å²) in [4.78, 5) is 6.56. The number of nitrogens with zero attached hydrogens (tertiary/aromatic N) is 2. The van der Waals surface area contributed by atoms with Crippen LogP contribution < -0.4 is 10.2 Å². The second kappa shape index (κ2) is 6.31. The molecule has 0 atom stereocenters. The van der Waals surface area contributed by atoms with Crippen molar-refractivity contribution in [2.45, 2.75) is 13.1 Å². The van der Waals surface area contributed by atoms with Gasteiger partial charge in [-0.15, -0.1) is 11.3 Å². The molecule has 1 heterocycles. The Bertz CT molecular complexity index is 499. The molecule has 1 aromatic heterocycles. The third-order valence-electron chi connectivity index (χ3n) is 2.70. The van der Waals surface area contributed by atoms with Crippen molar-refractivity contribution in [1.82, 2.24) is 10.3 Å². The highest BCUT2D eigenvalue weighted by atomic mass is 79.9. The van der Waals surface area contributed by atoms with Gasteiger partial charge < -0.3 is 10.2 Å². The van der Waals surface area contributed by atoms with Crippen LogP contribution in [0.2, 0.25) is 0 Å². The van der Waals surface area contributed by atoms with Gasteiger partial charge in [0.25, 0.3) is 0 Å². The van der Waals surface area contributed by atoms with Crippen LogP contribution >= 0.6 is 27.3 Å². The molecule has 0 spiro atoms. The first-order chi connectivity index (χ1) is 8.70. The maximum atomic E-state index is 4.33. The molecule has 2 aromatic rings. The number of rotatable bonds is 5. The largest absolute Gasteiger partial charge is 0.368 e. The van der Waals surface area contributed by atoms with E-state index < -0.39 is 0 Å². The predicted octanol–water partition coefficient (Wildman–Crippen LogP) is 3.26. The highest BCUT2D eigenvalue weighted by Crippen LogP contribution is 2.25. The number of hydrogen-bond acceptors (Lipinski definition) is 4. The Hall–Kier alpha value is -0.910. The summed E-state index contributed by atoms with van der Waals surface area (Å²) in [5.74, 6) is 0. The van der Waals surface area contributed by atoms with Gasteiger partial charge in [0.05, 0.1) is 17.7 Å². The SMILES string of the molecule is CNCc1cc(Br)ccc1N(C)Cc1cscn1. The quantitative estimate of drug-likeness (QED) is 0.914. The van der Waals surface area contributed by atoms with E-state index in [0.29, 0.717) is 0 Å². The minimum atomic E-state index is 0.835. The van der Waals surface area contributed by atoms with Gasteiger partial charge in [0.2, 0.25) is 0 Å². The first-order valence-electron chi connectivity index (χ1n) is 5.72. The summed E-state index contributed by atoms with van der Waals surface area (Å²) in [6, 6.07) is 6.37. The summed E-state index contributed by atoms with van der Waals surface area (Å²) < 4.78 is 1.11. The molecule has 0 fully saturated rings. The average Bonchev–Trinajstić information content (AvgIpc) is 2.82. The van der Waals surface area contributed by atoms with E-state index in [1.807, 2.05) is 12.6 Å². The van der Waals surface area contributed by atoms with E-state index in [4.69, 9.17) is 0 Å². The highest BCUT2D eigenvalue weighted by Gasteiger charge is 2.09. The van der Waals surface area contributed by atoms with Crippen molar-refractivity contribution in [2.75, 3.05) is 19.0 Å². The molecular weight excluding hydrogens is 310 g/mol. The Morgan fingerprint density at radius 2 is 2.28 bits per heavy atom. The fourth-order valence-corrected chi connectivity index (χ4v) is 2.86. The van der Waals surface area contributed by atoms with Crippen molar-refractivity contribution in [1.29, 1.82) is 0 Å². The van der Waals surface area contributed by atoms with Gasteiger partial charge in [-0.2, -0.15) is 0 Å². The molecule has 0 saturated carbocycles. The Morgan fingerprint density at radius 3 is 2.94 bits per heavy atom. The Morgan fingerprint density at radius 1 is 1.44 bits per heavy atom. The first-order valence-corrected chi connectivity index (χ1v) is 7.45. The van der Waals surface area contributed by atoms with Crippen molar-refractivity contribution < 1.29 is 0 Å². The van der Waals surface area contributed by atoms with Crippen LogP contribution in [0.1, 0.15) is 11.3 Å². The summed E-state index contributed by atoms with van der Waals surface area (Å²) >= 11 is 5.16. The molecule has 0 saturated heterocycles. The first kappa shape index (κ1) is 13.5. The van der Waals surface area contributed by atoms with Crippen molar-refractivity contribution in [3.8, 4) is 0 Å². The summed E-state index contributed by atoms with van der Waals surface area (Å²) in [6.07, 6.45) is 0. The molecule has 0 aliphatic heterocycles. The minimum Gasteiger partial charge on any atom is -0.368 e. The number of nitrogens with one attached hydrogen (secondary N) is 1. The van der Waals surface area contributed by atoms with E-state index in [1.54, 1.807) is 11.3 Å². The zero-order valence-corrected chi connectivity index (χ0v) is 12.9. The van der Waals surface area contributed by atoms with E-state index >= 15 is 0 Å². The number of halogens is 1. The lowest BCUT2D eigenvalue weighted by atomic mass is 10.1. The molecule has 0 aliphatic carbocycles. The summed E-state index contributed by atoms with van der Waals surface area (Å²) in [5, 5.41) is 5.29. The van der Waals surface area contributed by atoms with Gasteiger partial charge in [0.15, 0.2) is 0 Å². The molecule has 2 rings (SSSR count). The van der Waals surface area contributed by atoms with Gasteiger partial charge in [-0.1, -0.05) is 15.9 Å². The second-order valence-electron chi connectivity index (χ2n) is 4.14. The molecule has 96 valence electrons. The van der Waals surface area contributed by atoms with E-state index in [2.05, 4.69) is 61.8 Å². The molecule has 0 amide bonds. The summed E-state index contributed by atoms with van der Waals surface area (Å²) in [7, 11) is 4.06. The summed E-state index contributed by atoms with van der Waals surface area (Å²) in [5.41, 5.74) is 5.50. The van der Waals surface area contributed by atoms with Gasteiger partial charge in [-0.05, 0) is 30.8 Å². The lowest BCUT2D eigenvalue weighted by Gasteiger charge is -2.22. The fourth-order valence-electron chi connectivity index (χ4n) is 1.90. The smallest absolute Gasteiger partial charge is 0.0795 e. The van der Waals surface area contributed by atoms with Gasteiger partial charge in [-0.3, -0.25) is 0 Å².